The first-order valence-electron chi connectivity index (χ1n) is 5.59. The largest absolute Gasteiger partial charge is 0.618 e. The van der Waals surface area contributed by atoms with Crippen molar-refractivity contribution in [1.82, 2.24) is 4.98 Å². The van der Waals surface area contributed by atoms with Crippen LogP contribution in [0.5, 0.6) is 0 Å². The van der Waals surface area contributed by atoms with Gasteiger partial charge in [-0.2, -0.15) is 4.73 Å². The fraction of sp³-hybridized carbons (Fsp3) is 0. The summed E-state index contributed by atoms with van der Waals surface area (Å²) in [5.41, 5.74) is 0.868. The second-order valence-electron chi connectivity index (χ2n) is 3.85. The monoisotopic (exact) mass is 271 g/mol. The van der Waals surface area contributed by atoms with Crippen LogP contribution in [0, 0.1) is 5.21 Å². The van der Waals surface area contributed by atoms with Crippen molar-refractivity contribution in [2.24, 2.45) is 0 Å². The van der Waals surface area contributed by atoms with Crippen LogP contribution in [-0.2, 0) is 0 Å². The Hall–Kier alpha value is -2.47. The van der Waals surface area contributed by atoms with Gasteiger partial charge in [0, 0.05) is 12.1 Å². The molecule has 2 aromatic heterocycles. The van der Waals surface area contributed by atoms with Crippen LogP contribution in [0.25, 0.3) is 10.2 Å². The van der Waals surface area contributed by atoms with Gasteiger partial charge >= 0.3 is 5.91 Å². The van der Waals surface area contributed by atoms with Crippen molar-refractivity contribution in [1.29, 1.82) is 0 Å². The summed E-state index contributed by atoms with van der Waals surface area (Å²) in [6, 6.07) is 12.3. The number of para-hydroxylation sites is 1. The van der Waals surface area contributed by atoms with E-state index < -0.39 is 5.91 Å². The highest BCUT2D eigenvalue weighted by molar-refractivity contribution is 7.22. The number of hydrogen-bond acceptors (Lipinski definition) is 4. The summed E-state index contributed by atoms with van der Waals surface area (Å²) in [6.07, 6.45) is 1.28. The van der Waals surface area contributed by atoms with E-state index in [1.165, 1.54) is 23.6 Å². The zero-order valence-electron chi connectivity index (χ0n) is 9.74. The molecule has 0 fully saturated rings. The SMILES string of the molecule is O=C(Nc1nc2ccccc2s1)c1cccc[n+]1[O-]. The number of fused-ring (bicyclic) bond motifs is 1. The maximum atomic E-state index is 11.9. The van der Waals surface area contributed by atoms with Gasteiger partial charge in [0.15, 0.2) is 11.3 Å². The minimum absolute atomic E-state index is 0.0433. The topological polar surface area (TPSA) is 68.9 Å². The summed E-state index contributed by atoms with van der Waals surface area (Å²) in [5, 5.41) is 14.6. The number of carbonyl (C=O) groups excluding carboxylic acids is 1. The summed E-state index contributed by atoms with van der Waals surface area (Å²) >= 11 is 1.37. The number of benzene rings is 1. The van der Waals surface area contributed by atoms with Crippen molar-refractivity contribution in [3.63, 3.8) is 0 Å². The first-order valence-corrected chi connectivity index (χ1v) is 6.41. The second kappa shape index (κ2) is 4.66. The standard InChI is InChI=1S/C13H9N3O2S/c17-12(10-6-3-4-8-16(10)18)15-13-14-9-5-1-2-7-11(9)19-13/h1-8H,(H,14,15,17). The Kier molecular flexibility index (Phi) is 2.85. The predicted octanol–water partition coefficient (Wildman–Crippen LogP) is 2.18. The van der Waals surface area contributed by atoms with E-state index in [2.05, 4.69) is 10.3 Å². The van der Waals surface area contributed by atoms with Crippen molar-refractivity contribution in [2.45, 2.75) is 0 Å². The number of rotatable bonds is 2. The number of hydrogen-bond donors (Lipinski definition) is 1. The van der Waals surface area contributed by atoms with Crippen molar-refractivity contribution in [2.75, 3.05) is 5.32 Å². The molecule has 6 heteroatoms. The highest BCUT2D eigenvalue weighted by Crippen LogP contribution is 2.25. The number of anilines is 1. The molecule has 0 saturated heterocycles. The molecule has 0 atom stereocenters. The minimum Gasteiger partial charge on any atom is -0.618 e. The summed E-state index contributed by atoms with van der Waals surface area (Å²) in [6.45, 7) is 0. The van der Waals surface area contributed by atoms with Gasteiger partial charge in [-0.05, 0) is 18.2 Å². The zero-order valence-corrected chi connectivity index (χ0v) is 10.6. The van der Waals surface area contributed by atoms with Gasteiger partial charge in [0.05, 0.1) is 10.2 Å². The van der Waals surface area contributed by atoms with Crippen molar-refractivity contribution in [3.05, 3.63) is 59.6 Å². The Labute approximate surface area is 112 Å². The molecule has 1 aromatic carbocycles. The third-order valence-corrected chi connectivity index (χ3v) is 3.52. The first-order chi connectivity index (χ1) is 9.24. The molecule has 94 valence electrons. The number of carbonyl (C=O) groups is 1. The van der Waals surface area contributed by atoms with Crippen LogP contribution in [0.15, 0.2) is 48.7 Å². The van der Waals surface area contributed by atoms with Crippen molar-refractivity contribution in [3.8, 4) is 0 Å². The van der Waals surface area contributed by atoms with Gasteiger partial charge < -0.3 is 5.21 Å². The second-order valence-corrected chi connectivity index (χ2v) is 4.88. The number of nitrogens with zero attached hydrogens (tertiary/aromatic N) is 2. The number of pyridine rings is 1. The van der Waals surface area contributed by atoms with E-state index in [0.29, 0.717) is 9.86 Å². The molecule has 0 bridgehead atoms. The Bertz CT molecular complexity index is 721. The highest BCUT2D eigenvalue weighted by Gasteiger charge is 2.16. The van der Waals surface area contributed by atoms with E-state index >= 15 is 0 Å². The Morgan fingerprint density at radius 1 is 1.21 bits per heavy atom. The first kappa shape index (κ1) is 11.6. The summed E-state index contributed by atoms with van der Waals surface area (Å²) in [5.74, 6) is -0.463. The lowest BCUT2D eigenvalue weighted by molar-refractivity contribution is -0.607. The summed E-state index contributed by atoms with van der Waals surface area (Å²) in [4.78, 5) is 16.2. The van der Waals surface area contributed by atoms with Crippen LogP contribution in [0.1, 0.15) is 10.5 Å². The predicted molar refractivity (Wildman–Crippen MR) is 73.0 cm³/mol. The molecule has 0 aliphatic rings. The van der Waals surface area contributed by atoms with Crippen LogP contribution in [0.2, 0.25) is 0 Å². The van der Waals surface area contributed by atoms with E-state index in [4.69, 9.17) is 0 Å². The third kappa shape index (κ3) is 2.25. The molecule has 3 rings (SSSR count). The van der Waals surface area contributed by atoms with Gasteiger partial charge in [0.2, 0.25) is 0 Å². The lowest BCUT2D eigenvalue weighted by Crippen LogP contribution is -2.36. The van der Waals surface area contributed by atoms with Crippen molar-refractivity contribution < 1.29 is 9.52 Å². The lowest BCUT2D eigenvalue weighted by atomic mass is 10.3. The van der Waals surface area contributed by atoms with Crippen LogP contribution in [0.3, 0.4) is 0 Å². The van der Waals surface area contributed by atoms with E-state index in [-0.39, 0.29) is 5.69 Å². The number of amides is 1. The van der Waals surface area contributed by atoms with Crippen LogP contribution >= 0.6 is 11.3 Å². The fourth-order valence-corrected chi connectivity index (χ4v) is 2.55. The number of nitrogens with one attached hydrogen (secondary N) is 1. The van der Waals surface area contributed by atoms with E-state index in [1.54, 1.807) is 12.1 Å². The van der Waals surface area contributed by atoms with Crippen LogP contribution < -0.4 is 10.0 Å². The Morgan fingerprint density at radius 3 is 2.79 bits per heavy atom. The maximum Gasteiger partial charge on any atom is 0.323 e. The van der Waals surface area contributed by atoms with E-state index in [0.717, 1.165) is 10.2 Å². The normalized spacial score (nSPS) is 10.5. The summed E-state index contributed by atoms with van der Waals surface area (Å²) in [7, 11) is 0. The molecule has 3 aromatic rings. The molecule has 0 saturated carbocycles. The van der Waals surface area contributed by atoms with Gasteiger partial charge in [-0.3, -0.25) is 10.1 Å². The molecule has 0 aliphatic heterocycles. The number of aromatic nitrogens is 2. The van der Waals surface area contributed by atoms with Crippen molar-refractivity contribution >= 4 is 32.6 Å². The third-order valence-electron chi connectivity index (χ3n) is 2.57. The molecule has 0 radical (unpaired) electrons. The van der Waals surface area contributed by atoms with E-state index in [1.807, 2.05) is 24.3 Å². The van der Waals surface area contributed by atoms with Crippen LogP contribution in [-0.4, -0.2) is 10.9 Å². The molecule has 1 amide bonds. The average Bonchev–Trinajstić information content (AvgIpc) is 2.81. The van der Waals surface area contributed by atoms with E-state index in [9.17, 15) is 10.0 Å². The lowest BCUT2D eigenvalue weighted by Gasteiger charge is -2.02. The maximum absolute atomic E-state index is 11.9. The molecular weight excluding hydrogens is 262 g/mol. The Balaban J connectivity index is 1.89. The van der Waals surface area contributed by atoms with Gasteiger partial charge in [0.1, 0.15) is 0 Å². The molecule has 5 nitrogen and oxygen atoms in total. The zero-order chi connectivity index (χ0) is 13.2. The van der Waals surface area contributed by atoms with Gasteiger partial charge in [-0.1, -0.05) is 23.5 Å². The molecule has 0 aliphatic carbocycles. The molecule has 2 heterocycles. The molecule has 0 spiro atoms. The van der Waals surface area contributed by atoms with Gasteiger partial charge in [-0.15, -0.1) is 0 Å². The van der Waals surface area contributed by atoms with Gasteiger partial charge in [-0.25, -0.2) is 4.98 Å². The van der Waals surface area contributed by atoms with Crippen LogP contribution in [0.4, 0.5) is 5.13 Å². The molecular formula is C13H9N3O2S. The molecule has 0 unspecified atom stereocenters. The van der Waals surface area contributed by atoms with Gasteiger partial charge in [0.25, 0.3) is 5.69 Å². The Morgan fingerprint density at radius 2 is 2.00 bits per heavy atom. The summed E-state index contributed by atoms with van der Waals surface area (Å²) < 4.78 is 1.52. The average molecular weight is 271 g/mol. The smallest absolute Gasteiger partial charge is 0.323 e. The molecule has 19 heavy (non-hydrogen) atoms. The minimum atomic E-state index is -0.463. The fourth-order valence-electron chi connectivity index (χ4n) is 1.69. The molecule has 1 N–H and O–H groups in total. The highest BCUT2D eigenvalue weighted by atomic mass is 32.1. The quantitative estimate of drug-likeness (QED) is 0.573. The number of thiazole rings is 1.